The summed E-state index contributed by atoms with van der Waals surface area (Å²) >= 11 is 0. The molecule has 0 spiro atoms. The van der Waals surface area contributed by atoms with Crippen LogP contribution in [0.4, 0.5) is 11.4 Å². The maximum atomic E-state index is 13.6. The van der Waals surface area contributed by atoms with Gasteiger partial charge in [-0.3, -0.25) is 9.59 Å². The Labute approximate surface area is 188 Å². The van der Waals surface area contributed by atoms with Crippen LogP contribution in [0, 0.1) is 20.8 Å². The third kappa shape index (κ3) is 3.89. The average Bonchev–Trinajstić information content (AvgIpc) is 3.00. The number of carbonyl (C=O) groups is 2. The summed E-state index contributed by atoms with van der Waals surface area (Å²) in [6.07, 6.45) is 0. The van der Waals surface area contributed by atoms with Gasteiger partial charge in [-0.15, -0.1) is 0 Å². The molecule has 4 rings (SSSR count). The number of aryl methyl sites for hydroxylation is 3. The summed E-state index contributed by atoms with van der Waals surface area (Å²) in [7, 11) is 0. The highest BCUT2D eigenvalue weighted by Crippen LogP contribution is 2.36. The van der Waals surface area contributed by atoms with Crippen LogP contribution < -0.4 is 15.0 Å². The molecule has 0 saturated carbocycles. The first-order valence-corrected chi connectivity index (χ1v) is 10.7. The van der Waals surface area contributed by atoms with Crippen molar-refractivity contribution in [1.82, 2.24) is 0 Å². The first-order chi connectivity index (χ1) is 15.4. The number of hydrogen-bond acceptors (Lipinski definition) is 4. The van der Waals surface area contributed by atoms with Gasteiger partial charge in [0.2, 0.25) is 0 Å². The van der Waals surface area contributed by atoms with Crippen LogP contribution >= 0.6 is 0 Å². The first kappa shape index (κ1) is 21.4. The van der Waals surface area contributed by atoms with Gasteiger partial charge in [-0.1, -0.05) is 59.7 Å². The van der Waals surface area contributed by atoms with E-state index >= 15 is 0 Å². The lowest BCUT2D eigenvalue weighted by Crippen LogP contribution is -2.33. The Morgan fingerprint density at radius 1 is 0.844 bits per heavy atom. The zero-order chi connectivity index (χ0) is 22.8. The molecule has 1 aliphatic heterocycles. The largest absolute Gasteiger partial charge is 0.492 e. The van der Waals surface area contributed by atoms with E-state index in [2.05, 4.69) is 5.32 Å². The van der Waals surface area contributed by atoms with E-state index in [4.69, 9.17) is 4.74 Å². The van der Waals surface area contributed by atoms with Crippen LogP contribution in [0.3, 0.4) is 0 Å². The van der Waals surface area contributed by atoms with Crippen molar-refractivity contribution in [3.8, 4) is 5.75 Å². The molecule has 3 aromatic rings. The van der Waals surface area contributed by atoms with Gasteiger partial charge >= 0.3 is 0 Å². The van der Waals surface area contributed by atoms with E-state index in [1.54, 1.807) is 0 Å². The fourth-order valence-electron chi connectivity index (χ4n) is 3.89. The summed E-state index contributed by atoms with van der Waals surface area (Å²) in [5.74, 6) is -0.109. The third-order valence-electron chi connectivity index (χ3n) is 5.46. The standard InChI is InChI=1S/C27H26N2O3/c1-5-32-23-9-7-6-8-21(23)28-25-24(20-13-10-17(2)11-14-20)26(30)29(27(25)31)22-15-12-18(3)16-19(22)4/h6-16,28H,5H2,1-4H3. The highest BCUT2D eigenvalue weighted by atomic mass is 16.5. The monoisotopic (exact) mass is 426 g/mol. The van der Waals surface area contributed by atoms with Crippen LogP contribution in [0.2, 0.25) is 0 Å². The summed E-state index contributed by atoms with van der Waals surface area (Å²) in [6, 6.07) is 20.7. The number of nitrogens with zero attached hydrogens (tertiary/aromatic N) is 1. The number of amides is 2. The minimum absolute atomic E-state index is 0.242. The van der Waals surface area contributed by atoms with Crippen molar-refractivity contribution >= 4 is 28.8 Å². The van der Waals surface area contributed by atoms with Crippen molar-refractivity contribution in [3.05, 3.63) is 94.7 Å². The Morgan fingerprint density at radius 3 is 2.22 bits per heavy atom. The minimum atomic E-state index is -0.385. The number of imide groups is 1. The fraction of sp³-hybridized carbons (Fsp3) is 0.185. The zero-order valence-corrected chi connectivity index (χ0v) is 18.7. The lowest BCUT2D eigenvalue weighted by molar-refractivity contribution is -0.120. The zero-order valence-electron chi connectivity index (χ0n) is 18.7. The van der Waals surface area contributed by atoms with Crippen LogP contribution in [0.25, 0.3) is 5.57 Å². The van der Waals surface area contributed by atoms with E-state index in [1.807, 2.05) is 94.4 Å². The number of carbonyl (C=O) groups excluding carboxylic acids is 2. The number of rotatable bonds is 6. The SMILES string of the molecule is CCOc1ccccc1NC1=C(c2ccc(C)cc2)C(=O)N(c2ccc(C)cc2C)C1=O. The molecule has 162 valence electrons. The predicted molar refractivity (Wildman–Crippen MR) is 128 cm³/mol. The molecule has 0 aliphatic carbocycles. The lowest BCUT2D eigenvalue weighted by atomic mass is 10.0. The molecule has 1 N–H and O–H groups in total. The average molecular weight is 427 g/mol. The second-order valence-electron chi connectivity index (χ2n) is 7.91. The van der Waals surface area contributed by atoms with Crippen molar-refractivity contribution in [1.29, 1.82) is 0 Å². The van der Waals surface area contributed by atoms with Gasteiger partial charge in [-0.25, -0.2) is 4.90 Å². The normalized spacial score (nSPS) is 13.7. The van der Waals surface area contributed by atoms with Crippen LogP contribution in [0.15, 0.2) is 72.4 Å². The van der Waals surface area contributed by atoms with E-state index in [0.717, 1.165) is 16.7 Å². The number of nitrogens with one attached hydrogen (secondary N) is 1. The predicted octanol–water partition coefficient (Wildman–Crippen LogP) is 5.41. The highest BCUT2D eigenvalue weighted by molar-refractivity contribution is 6.46. The molecule has 5 heteroatoms. The molecule has 0 radical (unpaired) electrons. The topological polar surface area (TPSA) is 58.6 Å². The summed E-state index contributed by atoms with van der Waals surface area (Å²) in [6.45, 7) is 8.27. The van der Waals surface area contributed by atoms with E-state index in [9.17, 15) is 9.59 Å². The van der Waals surface area contributed by atoms with E-state index in [-0.39, 0.29) is 17.5 Å². The van der Waals surface area contributed by atoms with Gasteiger partial charge in [0.1, 0.15) is 11.4 Å². The number of anilines is 2. The summed E-state index contributed by atoms with van der Waals surface area (Å²) < 4.78 is 5.71. The Bertz CT molecular complexity index is 1230. The van der Waals surface area contributed by atoms with E-state index in [0.29, 0.717) is 34.9 Å². The van der Waals surface area contributed by atoms with Gasteiger partial charge in [-0.2, -0.15) is 0 Å². The molecule has 2 amide bonds. The van der Waals surface area contributed by atoms with Gasteiger partial charge < -0.3 is 10.1 Å². The van der Waals surface area contributed by atoms with E-state index in [1.165, 1.54) is 4.90 Å². The number of hydrogen-bond donors (Lipinski definition) is 1. The Hall–Kier alpha value is -3.86. The van der Waals surface area contributed by atoms with Gasteiger partial charge in [0.15, 0.2) is 0 Å². The third-order valence-corrected chi connectivity index (χ3v) is 5.46. The van der Waals surface area contributed by atoms with Crippen LogP contribution in [0.5, 0.6) is 5.75 Å². The Kier molecular flexibility index (Phi) is 5.82. The molecule has 0 aromatic heterocycles. The number of para-hydroxylation sites is 2. The van der Waals surface area contributed by atoms with Gasteiger partial charge in [0, 0.05) is 0 Å². The molecule has 0 atom stereocenters. The molecule has 0 bridgehead atoms. The smallest absolute Gasteiger partial charge is 0.282 e. The lowest BCUT2D eigenvalue weighted by Gasteiger charge is -2.18. The molecule has 1 heterocycles. The van der Waals surface area contributed by atoms with Gasteiger partial charge in [-0.05, 0) is 57.0 Å². The molecule has 0 unspecified atom stereocenters. The fourth-order valence-corrected chi connectivity index (χ4v) is 3.89. The number of ether oxygens (including phenoxy) is 1. The summed E-state index contributed by atoms with van der Waals surface area (Å²) in [5, 5.41) is 3.21. The molecular weight excluding hydrogens is 400 g/mol. The maximum absolute atomic E-state index is 13.6. The van der Waals surface area contributed by atoms with Crippen LogP contribution in [0.1, 0.15) is 29.2 Å². The Balaban J connectivity index is 1.84. The van der Waals surface area contributed by atoms with Crippen molar-refractivity contribution in [3.63, 3.8) is 0 Å². The second-order valence-corrected chi connectivity index (χ2v) is 7.91. The molecule has 3 aromatic carbocycles. The first-order valence-electron chi connectivity index (χ1n) is 10.7. The molecule has 1 aliphatic rings. The van der Waals surface area contributed by atoms with Crippen LogP contribution in [-0.2, 0) is 9.59 Å². The van der Waals surface area contributed by atoms with E-state index < -0.39 is 0 Å². The van der Waals surface area contributed by atoms with Gasteiger partial charge in [0.25, 0.3) is 11.8 Å². The molecule has 32 heavy (non-hydrogen) atoms. The minimum Gasteiger partial charge on any atom is -0.492 e. The Morgan fingerprint density at radius 2 is 1.53 bits per heavy atom. The highest BCUT2D eigenvalue weighted by Gasteiger charge is 2.41. The molecule has 0 saturated heterocycles. The second kappa shape index (κ2) is 8.71. The van der Waals surface area contributed by atoms with Crippen molar-refractivity contribution < 1.29 is 14.3 Å². The van der Waals surface area contributed by atoms with Crippen molar-refractivity contribution in [2.75, 3.05) is 16.8 Å². The molecule has 5 nitrogen and oxygen atoms in total. The van der Waals surface area contributed by atoms with Crippen molar-refractivity contribution in [2.45, 2.75) is 27.7 Å². The summed E-state index contributed by atoms with van der Waals surface area (Å²) in [5.41, 5.74) is 5.52. The maximum Gasteiger partial charge on any atom is 0.282 e. The molecular formula is C27H26N2O3. The quantitative estimate of drug-likeness (QED) is 0.536. The van der Waals surface area contributed by atoms with Crippen molar-refractivity contribution in [2.24, 2.45) is 0 Å². The van der Waals surface area contributed by atoms with Gasteiger partial charge in [0.05, 0.1) is 23.6 Å². The van der Waals surface area contributed by atoms with Crippen LogP contribution in [-0.4, -0.2) is 18.4 Å². The number of benzene rings is 3. The molecule has 0 fully saturated rings. The summed E-state index contributed by atoms with van der Waals surface area (Å²) in [4.78, 5) is 28.5.